The maximum Gasteiger partial charge on any atom is 0.146 e. The molecule has 2 N–H and O–H groups in total. The van der Waals surface area contributed by atoms with Gasteiger partial charge in [0.05, 0.1) is 16.3 Å². The SMILES string of the molecule is CC(C)(C)c1nc2c(OCCCN)cccc2s1. The van der Waals surface area contributed by atoms with Crippen molar-refractivity contribution in [2.75, 3.05) is 13.2 Å². The van der Waals surface area contributed by atoms with E-state index < -0.39 is 0 Å². The average Bonchev–Trinajstić information content (AvgIpc) is 2.73. The number of hydrogen-bond acceptors (Lipinski definition) is 4. The van der Waals surface area contributed by atoms with Gasteiger partial charge < -0.3 is 10.5 Å². The van der Waals surface area contributed by atoms with Gasteiger partial charge in [0.2, 0.25) is 0 Å². The number of aromatic nitrogens is 1. The molecule has 0 spiro atoms. The molecule has 0 saturated carbocycles. The molecule has 1 heterocycles. The van der Waals surface area contributed by atoms with Gasteiger partial charge in [-0.15, -0.1) is 11.3 Å². The minimum Gasteiger partial charge on any atom is -0.491 e. The van der Waals surface area contributed by atoms with Crippen LogP contribution in [0.2, 0.25) is 0 Å². The summed E-state index contributed by atoms with van der Waals surface area (Å²) in [5.41, 5.74) is 6.53. The zero-order valence-electron chi connectivity index (χ0n) is 11.2. The van der Waals surface area contributed by atoms with Crippen molar-refractivity contribution in [1.29, 1.82) is 0 Å². The van der Waals surface area contributed by atoms with E-state index in [0.29, 0.717) is 13.2 Å². The normalized spacial score (nSPS) is 12.0. The van der Waals surface area contributed by atoms with Gasteiger partial charge >= 0.3 is 0 Å². The van der Waals surface area contributed by atoms with Crippen LogP contribution >= 0.6 is 11.3 Å². The van der Waals surface area contributed by atoms with Crippen LogP contribution in [0.3, 0.4) is 0 Å². The molecule has 0 aliphatic carbocycles. The topological polar surface area (TPSA) is 48.1 Å². The molecule has 0 aliphatic heterocycles. The Hall–Kier alpha value is -1.13. The van der Waals surface area contributed by atoms with E-state index >= 15 is 0 Å². The summed E-state index contributed by atoms with van der Waals surface area (Å²) in [7, 11) is 0. The Balaban J connectivity index is 2.33. The lowest BCUT2D eigenvalue weighted by atomic mass is 9.98. The average molecular weight is 264 g/mol. The van der Waals surface area contributed by atoms with E-state index in [2.05, 4.69) is 26.8 Å². The van der Waals surface area contributed by atoms with Gasteiger partial charge in [0.15, 0.2) is 0 Å². The highest BCUT2D eigenvalue weighted by molar-refractivity contribution is 7.18. The minimum atomic E-state index is 0.0816. The third-order valence-corrected chi connectivity index (χ3v) is 4.08. The van der Waals surface area contributed by atoms with E-state index in [9.17, 15) is 0 Å². The van der Waals surface area contributed by atoms with Crippen molar-refractivity contribution in [2.45, 2.75) is 32.6 Å². The van der Waals surface area contributed by atoms with E-state index in [1.807, 2.05) is 12.1 Å². The fourth-order valence-electron chi connectivity index (χ4n) is 1.63. The monoisotopic (exact) mass is 264 g/mol. The molecule has 0 saturated heterocycles. The maximum absolute atomic E-state index is 5.75. The molecule has 98 valence electrons. The largest absolute Gasteiger partial charge is 0.491 e. The van der Waals surface area contributed by atoms with Gasteiger partial charge in [-0.25, -0.2) is 4.98 Å². The first kappa shape index (κ1) is 13.3. The minimum absolute atomic E-state index is 0.0816. The van der Waals surface area contributed by atoms with Crippen LogP contribution in [0.25, 0.3) is 10.2 Å². The molecule has 3 nitrogen and oxygen atoms in total. The lowest BCUT2D eigenvalue weighted by Gasteiger charge is -2.13. The van der Waals surface area contributed by atoms with Crippen molar-refractivity contribution >= 4 is 21.6 Å². The Morgan fingerprint density at radius 3 is 2.78 bits per heavy atom. The molecule has 0 aliphatic rings. The molecule has 0 bridgehead atoms. The summed E-state index contributed by atoms with van der Waals surface area (Å²) in [6.07, 6.45) is 0.868. The molecule has 0 fully saturated rings. The second-order valence-electron chi connectivity index (χ2n) is 5.36. The molecular formula is C14H20N2OS. The van der Waals surface area contributed by atoms with Gasteiger partial charge in [0.25, 0.3) is 0 Å². The van der Waals surface area contributed by atoms with E-state index in [4.69, 9.17) is 15.5 Å². The second-order valence-corrected chi connectivity index (χ2v) is 6.39. The Labute approximate surface area is 112 Å². The van der Waals surface area contributed by atoms with E-state index in [0.717, 1.165) is 22.7 Å². The zero-order chi connectivity index (χ0) is 13.2. The van der Waals surface area contributed by atoms with Gasteiger partial charge in [0, 0.05) is 5.41 Å². The maximum atomic E-state index is 5.75. The van der Waals surface area contributed by atoms with E-state index in [1.54, 1.807) is 11.3 Å². The van der Waals surface area contributed by atoms with Gasteiger partial charge in [-0.2, -0.15) is 0 Å². The van der Waals surface area contributed by atoms with Crippen LogP contribution in [0.4, 0.5) is 0 Å². The van der Waals surface area contributed by atoms with Crippen LogP contribution in [0.15, 0.2) is 18.2 Å². The van der Waals surface area contributed by atoms with Crippen molar-refractivity contribution < 1.29 is 4.74 Å². The first-order valence-corrected chi connectivity index (χ1v) is 7.07. The molecule has 0 atom stereocenters. The number of para-hydroxylation sites is 1. The van der Waals surface area contributed by atoms with Crippen LogP contribution in [0.1, 0.15) is 32.2 Å². The second kappa shape index (κ2) is 5.24. The Morgan fingerprint density at radius 1 is 1.33 bits per heavy atom. The molecule has 1 aromatic heterocycles. The standard InChI is InChI=1S/C14H20N2OS/c1-14(2,3)13-16-12-10(17-9-5-8-15)6-4-7-11(12)18-13/h4,6-7H,5,8-9,15H2,1-3H3. The quantitative estimate of drug-likeness (QED) is 0.862. The van der Waals surface area contributed by atoms with E-state index in [-0.39, 0.29) is 5.41 Å². The molecule has 2 rings (SSSR count). The molecule has 18 heavy (non-hydrogen) atoms. The third kappa shape index (κ3) is 2.82. The third-order valence-electron chi connectivity index (χ3n) is 2.63. The molecule has 0 amide bonds. The molecule has 2 aromatic rings. The number of hydrogen-bond donors (Lipinski definition) is 1. The van der Waals surface area contributed by atoms with Crippen molar-refractivity contribution in [1.82, 2.24) is 4.98 Å². The zero-order valence-corrected chi connectivity index (χ0v) is 12.0. The van der Waals surface area contributed by atoms with Crippen LogP contribution < -0.4 is 10.5 Å². The van der Waals surface area contributed by atoms with Gasteiger partial charge in [-0.1, -0.05) is 26.8 Å². The fraction of sp³-hybridized carbons (Fsp3) is 0.500. The molecule has 4 heteroatoms. The predicted octanol–water partition coefficient (Wildman–Crippen LogP) is 3.32. The van der Waals surface area contributed by atoms with Gasteiger partial charge in [-0.3, -0.25) is 0 Å². The summed E-state index contributed by atoms with van der Waals surface area (Å²) in [6, 6.07) is 6.09. The highest BCUT2D eigenvalue weighted by atomic mass is 32.1. The van der Waals surface area contributed by atoms with Gasteiger partial charge in [0.1, 0.15) is 11.3 Å². The summed E-state index contributed by atoms with van der Waals surface area (Å²) in [5.74, 6) is 0.868. The molecule has 0 unspecified atom stereocenters. The van der Waals surface area contributed by atoms with Crippen LogP contribution in [0.5, 0.6) is 5.75 Å². The smallest absolute Gasteiger partial charge is 0.146 e. The lowest BCUT2D eigenvalue weighted by molar-refractivity contribution is 0.316. The highest BCUT2D eigenvalue weighted by Crippen LogP contribution is 2.35. The number of nitrogens with two attached hydrogens (primary N) is 1. The van der Waals surface area contributed by atoms with E-state index in [1.165, 1.54) is 4.70 Å². The summed E-state index contributed by atoms with van der Waals surface area (Å²) in [6.45, 7) is 7.84. The summed E-state index contributed by atoms with van der Waals surface area (Å²) in [5, 5.41) is 1.15. The van der Waals surface area contributed by atoms with Crippen molar-refractivity contribution in [2.24, 2.45) is 5.73 Å². The Bertz CT molecular complexity index is 528. The number of ether oxygens (including phenoxy) is 1. The number of rotatable bonds is 4. The van der Waals surface area contributed by atoms with Crippen molar-refractivity contribution in [3.8, 4) is 5.75 Å². The predicted molar refractivity (Wildman–Crippen MR) is 77.5 cm³/mol. The van der Waals surface area contributed by atoms with Crippen LogP contribution in [-0.2, 0) is 5.41 Å². The number of nitrogens with zero attached hydrogens (tertiary/aromatic N) is 1. The first-order chi connectivity index (χ1) is 8.52. The molecule has 0 radical (unpaired) electrons. The Kier molecular flexibility index (Phi) is 3.88. The van der Waals surface area contributed by atoms with Crippen molar-refractivity contribution in [3.05, 3.63) is 23.2 Å². The number of fused-ring (bicyclic) bond motifs is 1. The molecular weight excluding hydrogens is 244 g/mol. The number of thiazole rings is 1. The van der Waals surface area contributed by atoms with Crippen LogP contribution in [-0.4, -0.2) is 18.1 Å². The summed E-state index contributed by atoms with van der Waals surface area (Å²) < 4.78 is 6.94. The summed E-state index contributed by atoms with van der Waals surface area (Å²) >= 11 is 1.74. The van der Waals surface area contributed by atoms with Gasteiger partial charge in [-0.05, 0) is 25.1 Å². The van der Waals surface area contributed by atoms with Crippen LogP contribution in [0, 0.1) is 0 Å². The lowest BCUT2D eigenvalue weighted by Crippen LogP contribution is -2.10. The fourth-order valence-corrected chi connectivity index (χ4v) is 2.67. The first-order valence-electron chi connectivity index (χ1n) is 6.25. The number of benzene rings is 1. The highest BCUT2D eigenvalue weighted by Gasteiger charge is 2.20. The molecule has 1 aromatic carbocycles. The Morgan fingerprint density at radius 2 is 2.11 bits per heavy atom. The summed E-state index contributed by atoms with van der Waals surface area (Å²) in [4.78, 5) is 4.72. The van der Waals surface area contributed by atoms with Crippen molar-refractivity contribution in [3.63, 3.8) is 0 Å².